The molecule has 0 fully saturated rings. The third kappa shape index (κ3) is 4.14. The molecule has 5 nitrogen and oxygen atoms in total. The zero-order valence-electron chi connectivity index (χ0n) is 16.2. The Labute approximate surface area is 191 Å². The monoisotopic (exact) mass is 471 g/mol. The van der Waals surface area contributed by atoms with Gasteiger partial charge in [0.25, 0.3) is 5.56 Å². The predicted molar refractivity (Wildman–Crippen MR) is 123 cm³/mol. The summed E-state index contributed by atoms with van der Waals surface area (Å²) in [7, 11) is 0. The van der Waals surface area contributed by atoms with E-state index >= 15 is 0 Å². The molecule has 0 N–H and O–H groups in total. The van der Waals surface area contributed by atoms with Gasteiger partial charge in [-0.05, 0) is 61.0 Å². The molecule has 0 radical (unpaired) electrons. The number of rotatable bonds is 5. The fourth-order valence-electron chi connectivity index (χ4n) is 3.13. The van der Waals surface area contributed by atoms with Gasteiger partial charge >= 0.3 is 5.97 Å². The highest BCUT2D eigenvalue weighted by Crippen LogP contribution is 2.22. The van der Waals surface area contributed by atoms with Crippen LogP contribution in [0, 0.1) is 0 Å². The SMILES string of the molecule is CCOC(=O)c1cc(C(=O)c2ccc(Cl)cc2)n2c(=O)c(=Cc3ccc(Cl)cc3)sc12. The van der Waals surface area contributed by atoms with Crippen LogP contribution in [0.3, 0.4) is 0 Å². The average molecular weight is 472 g/mol. The molecule has 0 aliphatic rings. The molecule has 8 heteroatoms. The van der Waals surface area contributed by atoms with Crippen molar-refractivity contribution in [2.45, 2.75) is 6.92 Å². The van der Waals surface area contributed by atoms with E-state index in [-0.39, 0.29) is 23.4 Å². The molecular weight excluding hydrogens is 457 g/mol. The van der Waals surface area contributed by atoms with Crippen LogP contribution in [0.2, 0.25) is 10.0 Å². The summed E-state index contributed by atoms with van der Waals surface area (Å²) in [5.41, 5.74) is 1.01. The van der Waals surface area contributed by atoms with Crippen LogP contribution < -0.4 is 10.1 Å². The Hall–Kier alpha value is -2.93. The number of benzene rings is 2. The summed E-state index contributed by atoms with van der Waals surface area (Å²) in [5, 5.41) is 1.07. The minimum absolute atomic E-state index is 0.0948. The molecular formula is C23H15Cl2NO4S. The number of thiazole rings is 1. The number of ketones is 1. The maximum absolute atomic E-state index is 13.2. The Morgan fingerprint density at radius 3 is 2.26 bits per heavy atom. The van der Waals surface area contributed by atoms with Crippen molar-refractivity contribution in [2.75, 3.05) is 6.61 Å². The van der Waals surface area contributed by atoms with Gasteiger partial charge in [-0.25, -0.2) is 4.79 Å². The first-order valence-electron chi connectivity index (χ1n) is 9.32. The number of hydrogen-bond donors (Lipinski definition) is 0. The van der Waals surface area contributed by atoms with Crippen molar-refractivity contribution in [3.63, 3.8) is 0 Å². The van der Waals surface area contributed by atoms with Gasteiger partial charge in [-0.2, -0.15) is 0 Å². The van der Waals surface area contributed by atoms with Crippen LogP contribution >= 0.6 is 34.5 Å². The lowest BCUT2D eigenvalue weighted by Gasteiger charge is -2.00. The molecule has 0 atom stereocenters. The Balaban J connectivity index is 1.93. The lowest BCUT2D eigenvalue weighted by Crippen LogP contribution is -2.25. The highest BCUT2D eigenvalue weighted by atomic mass is 35.5. The van der Waals surface area contributed by atoms with E-state index in [9.17, 15) is 14.4 Å². The third-order valence-electron chi connectivity index (χ3n) is 4.58. The summed E-state index contributed by atoms with van der Waals surface area (Å²) in [6, 6.07) is 14.8. The lowest BCUT2D eigenvalue weighted by molar-refractivity contribution is 0.0529. The second kappa shape index (κ2) is 8.67. The number of halogens is 2. The van der Waals surface area contributed by atoms with Gasteiger partial charge in [0.15, 0.2) is 0 Å². The minimum Gasteiger partial charge on any atom is -0.462 e. The summed E-state index contributed by atoms with van der Waals surface area (Å²) in [4.78, 5) is 39.2. The van der Waals surface area contributed by atoms with Crippen molar-refractivity contribution in [3.05, 3.63) is 102 Å². The molecule has 0 saturated carbocycles. The number of carbonyl (C=O) groups excluding carboxylic acids is 2. The largest absolute Gasteiger partial charge is 0.462 e. The zero-order chi connectivity index (χ0) is 22.1. The molecule has 0 aliphatic carbocycles. The molecule has 0 aliphatic heterocycles. The normalized spacial score (nSPS) is 11.8. The Bertz CT molecular complexity index is 1400. The number of carbonyl (C=O) groups is 2. The van der Waals surface area contributed by atoms with Crippen molar-refractivity contribution < 1.29 is 14.3 Å². The Morgan fingerprint density at radius 2 is 1.65 bits per heavy atom. The molecule has 0 amide bonds. The molecule has 2 heterocycles. The van der Waals surface area contributed by atoms with Gasteiger partial charge in [-0.1, -0.05) is 35.3 Å². The van der Waals surface area contributed by atoms with Crippen LogP contribution in [0.15, 0.2) is 59.4 Å². The fraction of sp³-hybridized carbons (Fsp3) is 0.0870. The first-order chi connectivity index (χ1) is 14.9. The van der Waals surface area contributed by atoms with E-state index in [1.807, 2.05) is 0 Å². The Morgan fingerprint density at radius 1 is 1.03 bits per heavy atom. The van der Waals surface area contributed by atoms with Crippen molar-refractivity contribution in [3.8, 4) is 0 Å². The van der Waals surface area contributed by atoms with E-state index in [1.54, 1.807) is 61.5 Å². The van der Waals surface area contributed by atoms with Gasteiger partial charge in [0.05, 0.1) is 22.4 Å². The number of aromatic nitrogens is 1. The highest BCUT2D eigenvalue weighted by Gasteiger charge is 2.25. The first kappa shape index (κ1) is 21.3. The van der Waals surface area contributed by atoms with Crippen LogP contribution in [0.4, 0.5) is 0 Å². The van der Waals surface area contributed by atoms with E-state index in [1.165, 1.54) is 10.5 Å². The summed E-state index contributed by atoms with van der Waals surface area (Å²) in [5.74, 6) is -0.982. The molecule has 2 aromatic carbocycles. The molecule has 4 rings (SSSR count). The Kier molecular flexibility index (Phi) is 5.96. The number of ether oxygens (including phenoxy) is 1. The number of fused-ring (bicyclic) bond motifs is 1. The van der Waals surface area contributed by atoms with Crippen LogP contribution in [-0.2, 0) is 4.74 Å². The second-order valence-electron chi connectivity index (χ2n) is 6.61. The quantitative estimate of drug-likeness (QED) is 0.314. The van der Waals surface area contributed by atoms with Crippen molar-refractivity contribution in [1.82, 2.24) is 4.40 Å². The van der Waals surface area contributed by atoms with Gasteiger partial charge in [-0.15, -0.1) is 11.3 Å². The van der Waals surface area contributed by atoms with Gasteiger partial charge in [0.2, 0.25) is 5.78 Å². The third-order valence-corrected chi connectivity index (χ3v) is 6.19. The average Bonchev–Trinajstić information content (AvgIpc) is 3.28. The topological polar surface area (TPSA) is 64.8 Å². The first-order valence-corrected chi connectivity index (χ1v) is 10.9. The fourth-order valence-corrected chi connectivity index (χ4v) is 4.48. The van der Waals surface area contributed by atoms with Crippen LogP contribution in [0.25, 0.3) is 10.9 Å². The van der Waals surface area contributed by atoms with E-state index in [0.717, 1.165) is 16.9 Å². The highest BCUT2D eigenvalue weighted by molar-refractivity contribution is 7.15. The molecule has 31 heavy (non-hydrogen) atoms. The van der Waals surface area contributed by atoms with Gasteiger partial charge in [0.1, 0.15) is 4.83 Å². The van der Waals surface area contributed by atoms with Crippen LogP contribution in [0.5, 0.6) is 0 Å². The van der Waals surface area contributed by atoms with Crippen molar-refractivity contribution >= 4 is 57.2 Å². The van der Waals surface area contributed by atoms with Gasteiger partial charge < -0.3 is 4.74 Å². The zero-order valence-corrected chi connectivity index (χ0v) is 18.6. The summed E-state index contributed by atoms with van der Waals surface area (Å²) >= 11 is 13.0. The summed E-state index contributed by atoms with van der Waals surface area (Å²) < 4.78 is 6.79. The molecule has 0 spiro atoms. The molecule has 4 aromatic rings. The standard InChI is InChI=1S/C23H15Cl2NO4S/c1-2-30-23(29)17-12-18(20(27)14-5-9-16(25)10-6-14)26-21(28)19(31-22(17)26)11-13-3-7-15(24)8-4-13/h3-12H,2H2,1H3. The summed E-state index contributed by atoms with van der Waals surface area (Å²) in [6.07, 6.45) is 1.70. The van der Waals surface area contributed by atoms with Crippen molar-refractivity contribution in [1.29, 1.82) is 0 Å². The summed E-state index contributed by atoms with van der Waals surface area (Å²) in [6.45, 7) is 1.87. The van der Waals surface area contributed by atoms with Gasteiger partial charge in [0, 0.05) is 15.6 Å². The van der Waals surface area contributed by atoms with Crippen molar-refractivity contribution in [2.24, 2.45) is 0 Å². The molecule has 2 aromatic heterocycles. The number of hydrogen-bond acceptors (Lipinski definition) is 5. The van der Waals surface area contributed by atoms with E-state index in [0.29, 0.717) is 25.0 Å². The lowest BCUT2D eigenvalue weighted by atomic mass is 10.1. The number of esters is 1. The minimum atomic E-state index is -0.588. The maximum Gasteiger partial charge on any atom is 0.341 e. The molecule has 0 bridgehead atoms. The van der Waals surface area contributed by atoms with Crippen LogP contribution in [-0.4, -0.2) is 22.8 Å². The van der Waals surface area contributed by atoms with Crippen LogP contribution in [0.1, 0.15) is 38.9 Å². The maximum atomic E-state index is 13.2. The van der Waals surface area contributed by atoms with E-state index < -0.39 is 11.8 Å². The molecule has 0 saturated heterocycles. The van der Waals surface area contributed by atoms with Gasteiger partial charge in [-0.3, -0.25) is 14.0 Å². The molecule has 156 valence electrons. The second-order valence-corrected chi connectivity index (χ2v) is 8.51. The smallest absolute Gasteiger partial charge is 0.341 e. The number of nitrogens with zero attached hydrogens (tertiary/aromatic N) is 1. The molecule has 0 unspecified atom stereocenters. The van der Waals surface area contributed by atoms with E-state index in [2.05, 4.69) is 0 Å². The predicted octanol–water partition coefficient (Wildman–Crippen LogP) is 4.62. The van der Waals surface area contributed by atoms with E-state index in [4.69, 9.17) is 27.9 Å².